The number of phenols is 2. The van der Waals surface area contributed by atoms with Gasteiger partial charge >= 0.3 is 0 Å². The lowest BCUT2D eigenvalue weighted by Gasteiger charge is -2.12. The van der Waals surface area contributed by atoms with E-state index in [1.807, 2.05) is 0 Å². The summed E-state index contributed by atoms with van der Waals surface area (Å²) in [5.74, 6) is -2.10. The molecule has 0 unspecified atom stereocenters. The summed E-state index contributed by atoms with van der Waals surface area (Å²) in [5, 5.41) is 70.1. The van der Waals surface area contributed by atoms with Gasteiger partial charge in [-0.3, -0.25) is 33.9 Å². The van der Waals surface area contributed by atoms with Gasteiger partial charge in [0, 0.05) is 30.3 Å². The molecule has 57 heavy (non-hydrogen) atoms. The first-order chi connectivity index (χ1) is 26.6. The van der Waals surface area contributed by atoms with E-state index in [9.17, 15) is 69.4 Å². The predicted octanol–water partition coefficient (Wildman–Crippen LogP) is 7.64. The molecular formula is C30H21N9O15S3. The van der Waals surface area contributed by atoms with Crippen LogP contribution in [0.4, 0.5) is 56.9 Å². The van der Waals surface area contributed by atoms with Crippen LogP contribution in [0.25, 0.3) is 0 Å². The molecule has 294 valence electrons. The van der Waals surface area contributed by atoms with Crippen LogP contribution < -0.4 is 5.32 Å². The Hall–Kier alpha value is -7.17. The molecule has 0 spiro atoms. The maximum atomic E-state index is 12.0. The number of hydrogen-bond donors (Lipinski definition) is 6. The van der Waals surface area contributed by atoms with Crippen molar-refractivity contribution in [3.63, 3.8) is 0 Å². The van der Waals surface area contributed by atoms with E-state index < -0.39 is 94.8 Å². The molecule has 0 aliphatic carbocycles. The van der Waals surface area contributed by atoms with Gasteiger partial charge in [-0.2, -0.15) is 30.4 Å². The summed E-state index contributed by atoms with van der Waals surface area (Å²) < 4.78 is 100. The minimum absolute atomic E-state index is 0.00557. The molecule has 0 heterocycles. The molecule has 0 radical (unpaired) electrons. The maximum Gasteiger partial charge on any atom is 0.296 e. The number of benzene rings is 5. The topological polar surface area (TPSA) is 376 Å². The summed E-state index contributed by atoms with van der Waals surface area (Å²) in [6, 6.07) is 15.0. The molecule has 0 bridgehead atoms. The van der Waals surface area contributed by atoms with Crippen LogP contribution in [0.2, 0.25) is 0 Å². The largest absolute Gasteiger partial charge is 0.504 e. The van der Waals surface area contributed by atoms with Crippen LogP contribution in [-0.4, -0.2) is 59.0 Å². The Morgan fingerprint density at radius 1 is 0.509 bits per heavy atom. The summed E-state index contributed by atoms with van der Waals surface area (Å²) in [6.07, 6.45) is 0. The lowest BCUT2D eigenvalue weighted by Crippen LogP contribution is -2.03. The monoisotopic (exact) mass is 843 g/mol. The normalized spacial score (nSPS) is 12.4. The number of rotatable bonds is 13. The minimum Gasteiger partial charge on any atom is -0.504 e. The van der Waals surface area contributed by atoms with Crippen LogP contribution in [0.3, 0.4) is 0 Å². The Labute approximate surface area is 318 Å². The first kappa shape index (κ1) is 41.0. The van der Waals surface area contributed by atoms with Crippen LogP contribution in [0.5, 0.6) is 11.5 Å². The van der Waals surface area contributed by atoms with Crippen molar-refractivity contribution in [2.45, 2.75) is 14.7 Å². The Balaban J connectivity index is 1.68. The van der Waals surface area contributed by atoms with Crippen molar-refractivity contribution in [2.75, 3.05) is 5.32 Å². The molecule has 0 aliphatic heterocycles. The molecule has 5 rings (SSSR count). The van der Waals surface area contributed by atoms with Crippen molar-refractivity contribution in [2.24, 2.45) is 30.7 Å². The zero-order valence-electron chi connectivity index (χ0n) is 27.8. The number of nitrogens with zero attached hydrogens (tertiary/aromatic N) is 8. The number of non-ortho nitro benzene ring substituents is 2. The van der Waals surface area contributed by atoms with Gasteiger partial charge in [0.15, 0.2) is 17.2 Å². The van der Waals surface area contributed by atoms with Gasteiger partial charge in [0.1, 0.15) is 32.5 Å². The minimum atomic E-state index is -5.13. The highest BCUT2D eigenvalue weighted by molar-refractivity contribution is 7.86. The van der Waals surface area contributed by atoms with Gasteiger partial charge in [-0.15, -0.1) is 25.6 Å². The number of nitro benzene ring substituents is 2. The molecule has 0 atom stereocenters. The van der Waals surface area contributed by atoms with E-state index in [1.165, 1.54) is 30.3 Å². The molecule has 27 heteroatoms. The lowest BCUT2D eigenvalue weighted by atomic mass is 10.2. The standard InChI is InChI=1S/C30H21N9O15S3/c40-29-24(35-32-16-5-7-17(8-6-16)38(42)43)15-25(30(41)28(29)37-34-23-14-19(55(46,47)48)10-12-27(23)57(52,53)54)36-33-20-11-9-18(39(44)45)13-22(20)31-21-3-1-2-4-26(21)56(49,50)51/h1-15,31,40-41H,(H,46,47,48)(H,49,50,51)(H,52,53,54). The number of nitrogens with one attached hydrogen (secondary N) is 1. The highest BCUT2D eigenvalue weighted by atomic mass is 32.2. The molecule has 0 aliphatic rings. The summed E-state index contributed by atoms with van der Waals surface area (Å²) in [5.41, 5.74) is -4.61. The van der Waals surface area contributed by atoms with Gasteiger partial charge in [-0.25, -0.2) is 0 Å². The van der Waals surface area contributed by atoms with Crippen LogP contribution in [0.1, 0.15) is 0 Å². The third-order valence-electron chi connectivity index (χ3n) is 7.20. The third-order valence-corrected chi connectivity index (χ3v) is 9.86. The lowest BCUT2D eigenvalue weighted by molar-refractivity contribution is -0.385. The quantitative estimate of drug-likeness (QED) is 0.0287. The fraction of sp³-hybridized carbons (Fsp3) is 0. The van der Waals surface area contributed by atoms with Gasteiger partial charge < -0.3 is 15.5 Å². The van der Waals surface area contributed by atoms with Crippen LogP contribution in [0.15, 0.2) is 136 Å². The van der Waals surface area contributed by atoms with Gasteiger partial charge in [0.05, 0.1) is 31.8 Å². The van der Waals surface area contributed by atoms with Crippen LogP contribution in [0, 0.1) is 20.2 Å². The molecule has 0 aromatic heterocycles. The van der Waals surface area contributed by atoms with Crippen molar-refractivity contribution < 1.29 is 59.0 Å². The number of anilines is 2. The van der Waals surface area contributed by atoms with E-state index in [1.54, 1.807) is 0 Å². The van der Waals surface area contributed by atoms with E-state index in [0.29, 0.717) is 18.2 Å². The Morgan fingerprint density at radius 3 is 1.63 bits per heavy atom. The van der Waals surface area contributed by atoms with Gasteiger partial charge in [0.2, 0.25) is 0 Å². The van der Waals surface area contributed by atoms with Gasteiger partial charge in [0.25, 0.3) is 41.7 Å². The van der Waals surface area contributed by atoms with Gasteiger partial charge in [-0.1, -0.05) is 12.1 Å². The molecule has 0 amide bonds. The molecule has 5 aromatic rings. The average Bonchev–Trinajstić information content (AvgIpc) is 3.13. The fourth-order valence-corrected chi connectivity index (χ4v) is 6.30. The molecule has 5 aromatic carbocycles. The number of para-hydroxylation sites is 1. The maximum absolute atomic E-state index is 12.0. The average molecular weight is 844 g/mol. The molecule has 6 N–H and O–H groups in total. The van der Waals surface area contributed by atoms with E-state index in [-0.39, 0.29) is 28.4 Å². The zero-order chi connectivity index (χ0) is 41.9. The van der Waals surface area contributed by atoms with E-state index in [2.05, 4.69) is 36.0 Å². The Kier molecular flexibility index (Phi) is 11.4. The van der Waals surface area contributed by atoms with Crippen molar-refractivity contribution in [3.05, 3.63) is 111 Å². The number of azo groups is 3. The Morgan fingerprint density at radius 2 is 1.05 bits per heavy atom. The highest BCUT2D eigenvalue weighted by Crippen LogP contribution is 2.51. The summed E-state index contributed by atoms with van der Waals surface area (Å²) in [6.45, 7) is 0. The van der Waals surface area contributed by atoms with E-state index >= 15 is 0 Å². The smallest absolute Gasteiger partial charge is 0.296 e. The van der Waals surface area contributed by atoms with Crippen LogP contribution in [-0.2, 0) is 30.4 Å². The number of nitro groups is 2. The summed E-state index contributed by atoms with van der Waals surface area (Å²) in [4.78, 5) is 18.6. The van der Waals surface area contributed by atoms with Crippen molar-refractivity contribution in [3.8, 4) is 11.5 Å². The number of phenolic OH excluding ortho intramolecular Hbond substituents is 2. The zero-order valence-corrected chi connectivity index (χ0v) is 30.2. The molecular weight excluding hydrogens is 823 g/mol. The molecule has 0 saturated carbocycles. The van der Waals surface area contributed by atoms with Crippen molar-refractivity contribution in [1.29, 1.82) is 0 Å². The van der Waals surface area contributed by atoms with Crippen molar-refractivity contribution >= 4 is 87.2 Å². The second kappa shape index (κ2) is 15.9. The molecule has 0 saturated heterocycles. The van der Waals surface area contributed by atoms with Crippen LogP contribution >= 0.6 is 0 Å². The van der Waals surface area contributed by atoms with E-state index in [4.69, 9.17) is 0 Å². The third kappa shape index (κ3) is 9.74. The first-order valence-electron chi connectivity index (χ1n) is 14.9. The molecule has 24 nitrogen and oxygen atoms in total. The SMILES string of the molecule is O=[N+]([O-])c1ccc(N=Nc2cc(N=Nc3ccc([N+](=O)[O-])cc3Nc3ccccc3S(=O)(=O)O)c(O)c(N=Nc3cc(S(=O)(=O)O)ccc3S(=O)(=O)O)c2O)cc1. The summed E-state index contributed by atoms with van der Waals surface area (Å²) >= 11 is 0. The summed E-state index contributed by atoms with van der Waals surface area (Å²) in [7, 11) is -14.9. The fourth-order valence-electron chi connectivity index (χ4n) is 4.55. The van der Waals surface area contributed by atoms with E-state index in [0.717, 1.165) is 42.5 Å². The Bertz CT molecular complexity index is 2890. The molecule has 0 fully saturated rings. The van der Waals surface area contributed by atoms with Crippen molar-refractivity contribution in [1.82, 2.24) is 0 Å². The van der Waals surface area contributed by atoms with Gasteiger partial charge in [-0.05, 0) is 48.5 Å². The number of aromatic hydroxyl groups is 2. The second-order valence-electron chi connectivity index (χ2n) is 11.0. The highest BCUT2D eigenvalue weighted by Gasteiger charge is 2.23. The second-order valence-corrected chi connectivity index (χ2v) is 15.2. The first-order valence-corrected chi connectivity index (χ1v) is 19.2. The predicted molar refractivity (Wildman–Crippen MR) is 194 cm³/mol. The number of hydrogen-bond acceptors (Lipinski definition) is 19.